The van der Waals surface area contributed by atoms with Gasteiger partial charge in [0.05, 0.1) is 11.4 Å². The van der Waals surface area contributed by atoms with Crippen LogP contribution in [0.1, 0.15) is 0 Å². The van der Waals surface area contributed by atoms with Crippen LogP contribution in [0.3, 0.4) is 0 Å². The van der Waals surface area contributed by atoms with Crippen molar-refractivity contribution >= 4 is 65.0 Å². The first-order valence-corrected chi connectivity index (χ1v) is 20.1. The first-order chi connectivity index (χ1) is 29.2. The highest BCUT2D eigenvalue weighted by Gasteiger charge is 2.19. The molecule has 0 saturated heterocycles. The van der Waals surface area contributed by atoms with Crippen LogP contribution in [-0.2, 0) is 0 Å². The number of benzene rings is 10. The number of rotatable bonds is 5. The number of hydrogen-bond acceptors (Lipinski definition) is 3. The van der Waals surface area contributed by atoms with Crippen molar-refractivity contribution in [1.29, 1.82) is 0 Å². The van der Waals surface area contributed by atoms with Gasteiger partial charge in [-0.05, 0) is 90.3 Å². The number of hydrogen-bond donors (Lipinski definition) is 0. The van der Waals surface area contributed by atoms with E-state index in [1.807, 2.05) is 0 Å². The van der Waals surface area contributed by atoms with Gasteiger partial charge < -0.3 is 4.42 Å². The first-order valence-electron chi connectivity index (χ1n) is 20.1. The minimum absolute atomic E-state index is 0.700. The third-order valence-electron chi connectivity index (χ3n) is 11.9. The molecule has 0 atom stereocenters. The normalized spacial score (nSPS) is 11.7. The van der Waals surface area contributed by atoms with Crippen LogP contribution in [0.2, 0.25) is 0 Å². The lowest BCUT2D eigenvalue weighted by atomic mass is 9.92. The van der Waals surface area contributed by atoms with Crippen molar-refractivity contribution in [3.63, 3.8) is 0 Å². The molecule has 0 saturated carbocycles. The number of furan rings is 1. The number of aromatic nitrogens is 2. The standard InChI is InChI=1S/C56H34N2O/c1-2-12-36(13-3-1)42-17-10-11-21-46(42)52-34-51(57-56(58-52)54-44-19-8-6-16-41(44)33-49-43-18-7-4-14-37(43)26-29-47(49)54)39-24-22-35(23-25-39)40-28-31-53-50(32-40)48-30-27-38-15-5-9-20-45(38)55(48)59-53/h1-34H. The molecule has 3 heteroatoms. The summed E-state index contributed by atoms with van der Waals surface area (Å²) >= 11 is 0. The zero-order valence-electron chi connectivity index (χ0n) is 31.9. The molecule has 274 valence electrons. The highest BCUT2D eigenvalue weighted by molar-refractivity contribution is 6.20. The second kappa shape index (κ2) is 13.4. The molecule has 10 aromatic carbocycles. The molecule has 0 aliphatic heterocycles. The Morgan fingerprint density at radius 2 is 0.915 bits per heavy atom. The van der Waals surface area contributed by atoms with E-state index in [0.29, 0.717) is 5.82 Å². The fraction of sp³-hybridized carbons (Fsp3) is 0. The van der Waals surface area contributed by atoms with Gasteiger partial charge >= 0.3 is 0 Å². The van der Waals surface area contributed by atoms with Crippen molar-refractivity contribution < 1.29 is 4.42 Å². The van der Waals surface area contributed by atoms with Crippen LogP contribution in [0.5, 0.6) is 0 Å². The number of nitrogens with zero attached hydrogens (tertiary/aromatic N) is 2. The zero-order valence-corrected chi connectivity index (χ0v) is 31.9. The molecule has 0 radical (unpaired) electrons. The van der Waals surface area contributed by atoms with Crippen LogP contribution in [-0.4, -0.2) is 9.97 Å². The third kappa shape index (κ3) is 5.51. The van der Waals surface area contributed by atoms with E-state index in [9.17, 15) is 0 Å². The SMILES string of the molecule is c1ccc(-c2ccccc2-c2cc(-c3ccc(-c4ccc5oc6c7ccccc7ccc6c5c4)cc3)nc(-c3c4ccccc4cc4c3ccc3ccccc34)n2)cc1. The highest BCUT2D eigenvalue weighted by Crippen LogP contribution is 2.41. The minimum Gasteiger partial charge on any atom is -0.455 e. The van der Waals surface area contributed by atoms with Crippen LogP contribution < -0.4 is 0 Å². The van der Waals surface area contributed by atoms with Gasteiger partial charge in [0.1, 0.15) is 11.2 Å². The Morgan fingerprint density at radius 3 is 1.73 bits per heavy atom. The summed E-state index contributed by atoms with van der Waals surface area (Å²) in [5, 5.41) is 11.6. The van der Waals surface area contributed by atoms with Crippen molar-refractivity contribution in [2.24, 2.45) is 0 Å². The molecule has 0 aliphatic carbocycles. The van der Waals surface area contributed by atoms with Crippen molar-refractivity contribution in [1.82, 2.24) is 9.97 Å². The van der Waals surface area contributed by atoms with Crippen LogP contribution in [0.25, 0.3) is 121 Å². The molecule has 0 amide bonds. The predicted molar refractivity (Wildman–Crippen MR) is 247 cm³/mol. The number of fused-ring (bicyclic) bond motifs is 9. The lowest BCUT2D eigenvalue weighted by molar-refractivity contribution is 0.672. The average Bonchev–Trinajstić information content (AvgIpc) is 3.69. The fourth-order valence-electron chi connectivity index (χ4n) is 9.00. The van der Waals surface area contributed by atoms with E-state index in [1.54, 1.807) is 0 Å². The molecule has 59 heavy (non-hydrogen) atoms. The van der Waals surface area contributed by atoms with Gasteiger partial charge in [0, 0.05) is 32.8 Å². The van der Waals surface area contributed by atoms with Gasteiger partial charge in [0.2, 0.25) is 0 Å². The third-order valence-corrected chi connectivity index (χ3v) is 11.9. The monoisotopic (exact) mass is 750 g/mol. The summed E-state index contributed by atoms with van der Waals surface area (Å²) in [6, 6.07) is 73.3. The van der Waals surface area contributed by atoms with E-state index >= 15 is 0 Å². The Bertz CT molecular complexity index is 3600. The maximum absolute atomic E-state index is 6.43. The van der Waals surface area contributed by atoms with E-state index in [-0.39, 0.29) is 0 Å². The van der Waals surface area contributed by atoms with Gasteiger partial charge in [-0.25, -0.2) is 9.97 Å². The van der Waals surface area contributed by atoms with Crippen molar-refractivity contribution in [2.75, 3.05) is 0 Å². The summed E-state index contributed by atoms with van der Waals surface area (Å²) in [6.07, 6.45) is 0. The summed E-state index contributed by atoms with van der Waals surface area (Å²) in [6.45, 7) is 0. The molecule has 0 N–H and O–H groups in total. The maximum atomic E-state index is 6.43. The fourth-order valence-corrected chi connectivity index (χ4v) is 9.00. The van der Waals surface area contributed by atoms with Crippen LogP contribution in [0, 0.1) is 0 Å². The minimum atomic E-state index is 0.700. The Hall–Kier alpha value is -7.88. The molecular formula is C56H34N2O. The molecule has 0 aliphatic rings. The van der Waals surface area contributed by atoms with E-state index < -0.39 is 0 Å². The highest BCUT2D eigenvalue weighted by atomic mass is 16.3. The average molecular weight is 751 g/mol. The molecule has 0 fully saturated rings. The Kier molecular flexibility index (Phi) is 7.54. The first kappa shape index (κ1) is 33.3. The van der Waals surface area contributed by atoms with E-state index in [1.165, 1.54) is 21.5 Å². The summed E-state index contributed by atoms with van der Waals surface area (Å²) in [4.78, 5) is 10.9. The summed E-state index contributed by atoms with van der Waals surface area (Å²) in [5.74, 6) is 0.700. The van der Waals surface area contributed by atoms with E-state index in [0.717, 1.165) is 93.8 Å². The predicted octanol–water partition coefficient (Wildman–Crippen LogP) is 15.3. The van der Waals surface area contributed by atoms with Gasteiger partial charge in [-0.1, -0.05) is 176 Å². The summed E-state index contributed by atoms with van der Waals surface area (Å²) in [5.41, 5.74) is 11.2. The van der Waals surface area contributed by atoms with Crippen molar-refractivity contribution in [3.8, 4) is 56.2 Å². The topological polar surface area (TPSA) is 38.9 Å². The molecule has 0 bridgehead atoms. The lowest BCUT2D eigenvalue weighted by Gasteiger charge is -2.16. The van der Waals surface area contributed by atoms with E-state index in [4.69, 9.17) is 14.4 Å². The molecule has 12 rings (SSSR count). The molecule has 2 aromatic heterocycles. The smallest absolute Gasteiger partial charge is 0.161 e. The molecule has 0 unspecified atom stereocenters. The Balaban J connectivity index is 1.05. The lowest BCUT2D eigenvalue weighted by Crippen LogP contribution is -1.98. The van der Waals surface area contributed by atoms with Gasteiger partial charge in [-0.3, -0.25) is 0 Å². The maximum Gasteiger partial charge on any atom is 0.161 e. The van der Waals surface area contributed by atoms with Crippen molar-refractivity contribution in [2.45, 2.75) is 0 Å². The Labute approximate surface area is 340 Å². The summed E-state index contributed by atoms with van der Waals surface area (Å²) < 4.78 is 6.43. The summed E-state index contributed by atoms with van der Waals surface area (Å²) in [7, 11) is 0. The molecular weight excluding hydrogens is 717 g/mol. The Morgan fingerprint density at radius 1 is 0.305 bits per heavy atom. The quantitative estimate of drug-likeness (QED) is 0.130. The van der Waals surface area contributed by atoms with E-state index in [2.05, 4.69) is 206 Å². The second-order valence-corrected chi connectivity index (χ2v) is 15.3. The molecule has 12 aromatic rings. The molecule has 0 spiro atoms. The largest absolute Gasteiger partial charge is 0.455 e. The van der Waals surface area contributed by atoms with Crippen LogP contribution >= 0.6 is 0 Å². The second-order valence-electron chi connectivity index (χ2n) is 15.3. The zero-order chi connectivity index (χ0) is 38.9. The van der Waals surface area contributed by atoms with Crippen molar-refractivity contribution in [3.05, 3.63) is 206 Å². The van der Waals surface area contributed by atoms with Gasteiger partial charge in [-0.15, -0.1) is 0 Å². The molecule has 2 heterocycles. The van der Waals surface area contributed by atoms with Gasteiger partial charge in [-0.2, -0.15) is 0 Å². The van der Waals surface area contributed by atoms with Gasteiger partial charge in [0.25, 0.3) is 0 Å². The van der Waals surface area contributed by atoms with Gasteiger partial charge in [0.15, 0.2) is 5.82 Å². The van der Waals surface area contributed by atoms with Crippen LogP contribution in [0.4, 0.5) is 0 Å². The molecule has 3 nitrogen and oxygen atoms in total. The van der Waals surface area contributed by atoms with Crippen LogP contribution in [0.15, 0.2) is 211 Å².